The molecule has 0 spiro atoms. The van der Waals surface area contributed by atoms with Crippen molar-refractivity contribution in [3.63, 3.8) is 0 Å². The van der Waals surface area contributed by atoms with Crippen molar-refractivity contribution in [3.8, 4) is 0 Å². The van der Waals surface area contributed by atoms with Gasteiger partial charge in [0.05, 0.1) is 0 Å². The first-order valence-electron chi connectivity index (χ1n) is 3.85. The first-order valence-corrected chi connectivity index (χ1v) is 3.85. The van der Waals surface area contributed by atoms with Crippen LogP contribution in [0.2, 0.25) is 0 Å². The highest BCUT2D eigenvalue weighted by Crippen LogP contribution is 1.88. The van der Waals surface area contributed by atoms with Gasteiger partial charge in [-0.05, 0) is 19.4 Å². The SMILES string of the molecule is NCCCN(C=O)CCCO. The topological polar surface area (TPSA) is 66.6 Å². The normalized spacial score (nSPS) is 9.64. The van der Waals surface area contributed by atoms with E-state index >= 15 is 0 Å². The minimum absolute atomic E-state index is 0.132. The van der Waals surface area contributed by atoms with Crippen molar-refractivity contribution in [3.05, 3.63) is 0 Å². The lowest BCUT2D eigenvalue weighted by Crippen LogP contribution is -2.26. The average molecular weight is 160 g/mol. The van der Waals surface area contributed by atoms with E-state index in [0.717, 1.165) is 12.8 Å². The molecule has 0 aliphatic heterocycles. The van der Waals surface area contributed by atoms with Crippen molar-refractivity contribution < 1.29 is 9.90 Å². The summed E-state index contributed by atoms with van der Waals surface area (Å²) in [6, 6.07) is 0. The minimum Gasteiger partial charge on any atom is -0.396 e. The number of aliphatic hydroxyl groups excluding tert-OH is 1. The molecule has 11 heavy (non-hydrogen) atoms. The lowest BCUT2D eigenvalue weighted by molar-refractivity contribution is -0.118. The van der Waals surface area contributed by atoms with E-state index in [4.69, 9.17) is 10.8 Å². The highest BCUT2D eigenvalue weighted by atomic mass is 16.3. The van der Waals surface area contributed by atoms with Gasteiger partial charge in [0.2, 0.25) is 6.41 Å². The molecule has 0 unspecified atom stereocenters. The molecule has 4 nitrogen and oxygen atoms in total. The lowest BCUT2D eigenvalue weighted by atomic mass is 10.3. The van der Waals surface area contributed by atoms with Gasteiger partial charge in [-0.25, -0.2) is 0 Å². The molecule has 0 aliphatic carbocycles. The number of aliphatic hydroxyl groups is 1. The molecular formula is C7H16N2O2. The molecule has 0 saturated heterocycles. The molecule has 0 aliphatic rings. The number of carbonyl (C=O) groups excluding carboxylic acids is 1. The Labute approximate surface area is 67.0 Å². The molecule has 0 radical (unpaired) electrons. The highest BCUT2D eigenvalue weighted by molar-refractivity contribution is 5.46. The summed E-state index contributed by atoms with van der Waals surface area (Å²) in [6.07, 6.45) is 2.26. The summed E-state index contributed by atoms with van der Waals surface area (Å²) in [7, 11) is 0. The van der Waals surface area contributed by atoms with Crippen molar-refractivity contribution >= 4 is 6.41 Å². The summed E-state index contributed by atoms with van der Waals surface area (Å²) in [4.78, 5) is 11.9. The van der Waals surface area contributed by atoms with Gasteiger partial charge in [-0.15, -0.1) is 0 Å². The van der Waals surface area contributed by atoms with E-state index in [1.807, 2.05) is 0 Å². The van der Waals surface area contributed by atoms with Crippen LogP contribution in [0, 0.1) is 0 Å². The van der Waals surface area contributed by atoms with Gasteiger partial charge in [0.1, 0.15) is 0 Å². The van der Waals surface area contributed by atoms with Gasteiger partial charge in [0.25, 0.3) is 0 Å². The molecule has 1 amide bonds. The van der Waals surface area contributed by atoms with Gasteiger partial charge in [-0.3, -0.25) is 4.79 Å². The monoisotopic (exact) mass is 160 g/mol. The predicted molar refractivity (Wildman–Crippen MR) is 43.0 cm³/mol. The number of nitrogens with two attached hydrogens (primary N) is 1. The van der Waals surface area contributed by atoms with Crippen LogP contribution >= 0.6 is 0 Å². The first kappa shape index (κ1) is 10.4. The van der Waals surface area contributed by atoms with Crippen LogP contribution in [-0.4, -0.2) is 42.7 Å². The van der Waals surface area contributed by atoms with Gasteiger partial charge >= 0.3 is 0 Å². The maximum atomic E-state index is 10.3. The number of hydrogen-bond donors (Lipinski definition) is 2. The molecule has 0 aromatic carbocycles. The molecule has 66 valence electrons. The van der Waals surface area contributed by atoms with Gasteiger partial charge < -0.3 is 15.7 Å². The van der Waals surface area contributed by atoms with E-state index in [0.29, 0.717) is 26.1 Å². The number of amides is 1. The van der Waals surface area contributed by atoms with E-state index in [1.165, 1.54) is 0 Å². The molecule has 0 saturated carbocycles. The molecule has 0 atom stereocenters. The number of carbonyl (C=O) groups is 1. The lowest BCUT2D eigenvalue weighted by Gasteiger charge is -2.15. The Hall–Kier alpha value is -0.610. The van der Waals surface area contributed by atoms with Gasteiger partial charge in [0, 0.05) is 19.7 Å². The molecule has 0 bridgehead atoms. The van der Waals surface area contributed by atoms with E-state index < -0.39 is 0 Å². The predicted octanol–water partition coefficient (Wildman–Crippen LogP) is -0.824. The molecule has 0 rings (SSSR count). The van der Waals surface area contributed by atoms with Crippen LogP contribution in [0.25, 0.3) is 0 Å². The summed E-state index contributed by atoms with van der Waals surface area (Å²) in [5.74, 6) is 0. The Kier molecular flexibility index (Phi) is 7.08. The van der Waals surface area contributed by atoms with E-state index in [2.05, 4.69) is 0 Å². The molecule has 4 heteroatoms. The van der Waals surface area contributed by atoms with Crippen molar-refractivity contribution in [2.24, 2.45) is 5.73 Å². The summed E-state index contributed by atoms with van der Waals surface area (Å²) in [6.45, 7) is 2.05. The van der Waals surface area contributed by atoms with Crippen molar-refractivity contribution in [1.82, 2.24) is 4.90 Å². The third-order valence-electron chi connectivity index (χ3n) is 1.40. The molecule has 0 heterocycles. The largest absolute Gasteiger partial charge is 0.396 e. The standard InChI is InChI=1S/C7H16N2O2/c8-3-1-4-9(7-11)5-2-6-10/h7,10H,1-6,8H2. The highest BCUT2D eigenvalue weighted by Gasteiger charge is 1.98. The Morgan fingerprint density at radius 2 is 2.00 bits per heavy atom. The van der Waals surface area contributed by atoms with E-state index in [-0.39, 0.29) is 6.61 Å². The smallest absolute Gasteiger partial charge is 0.209 e. The Bertz CT molecular complexity index is 90.4. The fourth-order valence-electron chi connectivity index (χ4n) is 0.785. The van der Waals surface area contributed by atoms with Gasteiger partial charge in [-0.2, -0.15) is 0 Å². The first-order chi connectivity index (χ1) is 5.35. The molecule has 0 aromatic heterocycles. The summed E-state index contributed by atoms with van der Waals surface area (Å²) < 4.78 is 0. The number of hydrogen-bond acceptors (Lipinski definition) is 3. The second-order valence-corrected chi connectivity index (χ2v) is 2.36. The van der Waals surface area contributed by atoms with Crippen molar-refractivity contribution in [2.45, 2.75) is 12.8 Å². The second-order valence-electron chi connectivity index (χ2n) is 2.36. The summed E-state index contributed by atoms with van der Waals surface area (Å²) >= 11 is 0. The van der Waals surface area contributed by atoms with Gasteiger partial charge in [-0.1, -0.05) is 0 Å². The Balaban J connectivity index is 3.33. The van der Waals surface area contributed by atoms with E-state index in [9.17, 15) is 4.79 Å². The summed E-state index contributed by atoms with van der Waals surface area (Å²) in [5.41, 5.74) is 5.27. The number of nitrogens with zero attached hydrogens (tertiary/aromatic N) is 1. The van der Waals surface area contributed by atoms with Crippen LogP contribution in [0.4, 0.5) is 0 Å². The van der Waals surface area contributed by atoms with Crippen LogP contribution in [0.5, 0.6) is 0 Å². The average Bonchev–Trinajstić information content (AvgIpc) is 2.05. The minimum atomic E-state index is 0.132. The molecule has 0 aromatic rings. The molecular weight excluding hydrogens is 144 g/mol. The molecule has 0 fully saturated rings. The van der Waals surface area contributed by atoms with Crippen LogP contribution in [0.3, 0.4) is 0 Å². The van der Waals surface area contributed by atoms with Gasteiger partial charge in [0.15, 0.2) is 0 Å². The van der Waals surface area contributed by atoms with Crippen LogP contribution in [0.1, 0.15) is 12.8 Å². The second kappa shape index (κ2) is 7.50. The van der Waals surface area contributed by atoms with Crippen LogP contribution < -0.4 is 5.73 Å². The third kappa shape index (κ3) is 5.82. The zero-order valence-corrected chi connectivity index (χ0v) is 6.70. The van der Waals surface area contributed by atoms with Crippen LogP contribution in [-0.2, 0) is 4.79 Å². The molecule has 3 N–H and O–H groups in total. The fourth-order valence-corrected chi connectivity index (χ4v) is 0.785. The maximum Gasteiger partial charge on any atom is 0.209 e. The van der Waals surface area contributed by atoms with E-state index in [1.54, 1.807) is 4.90 Å². The zero-order chi connectivity index (χ0) is 8.53. The quantitative estimate of drug-likeness (QED) is 0.478. The Morgan fingerprint density at radius 1 is 1.36 bits per heavy atom. The zero-order valence-electron chi connectivity index (χ0n) is 6.70. The third-order valence-corrected chi connectivity index (χ3v) is 1.40. The summed E-state index contributed by atoms with van der Waals surface area (Å²) in [5, 5.41) is 8.47. The maximum absolute atomic E-state index is 10.3. The number of rotatable bonds is 7. The Morgan fingerprint density at radius 3 is 2.45 bits per heavy atom. The van der Waals surface area contributed by atoms with Crippen LogP contribution in [0.15, 0.2) is 0 Å². The van der Waals surface area contributed by atoms with Crippen molar-refractivity contribution in [2.75, 3.05) is 26.2 Å². The van der Waals surface area contributed by atoms with Crippen molar-refractivity contribution in [1.29, 1.82) is 0 Å². The fraction of sp³-hybridized carbons (Fsp3) is 0.857.